The molecule has 1 fully saturated rings. The molecule has 0 amide bonds. The van der Waals surface area contributed by atoms with Crippen LogP contribution in [0.2, 0.25) is 0 Å². The monoisotopic (exact) mass is 452 g/mol. The van der Waals surface area contributed by atoms with Crippen LogP contribution in [0.15, 0.2) is 30.3 Å². The fraction of sp³-hybridized carbons (Fsp3) is 0.455. The van der Waals surface area contributed by atoms with Crippen molar-refractivity contribution in [1.29, 1.82) is 0 Å². The first kappa shape index (κ1) is 23.9. The van der Waals surface area contributed by atoms with Crippen molar-refractivity contribution in [3.05, 3.63) is 41.5 Å². The van der Waals surface area contributed by atoms with Crippen LogP contribution in [-0.4, -0.2) is 82.2 Å². The summed E-state index contributed by atoms with van der Waals surface area (Å²) in [5.41, 5.74) is 1.58. The normalized spacial score (nSPS) is 25.4. The van der Waals surface area contributed by atoms with E-state index in [1.807, 2.05) is 6.07 Å². The summed E-state index contributed by atoms with van der Waals surface area (Å²) >= 11 is 0. The van der Waals surface area contributed by atoms with Gasteiger partial charge in [-0.2, -0.15) is 0 Å². The Morgan fingerprint density at radius 2 is 1.47 bits per heavy atom. The van der Waals surface area contributed by atoms with Crippen molar-refractivity contribution < 1.29 is 49.6 Å². The van der Waals surface area contributed by atoms with E-state index in [-0.39, 0.29) is 23.0 Å². The number of benzene rings is 2. The Labute approximate surface area is 184 Å². The molecule has 6 N–H and O–H groups in total. The standard InChI is InChI=1S/C22H28O10/c1-29-15-6-5-11(7-13(15)24)3-4-12-8-14(25)21(16(9-12)30-2)32-22-20(28)19(27)18(26)17(10-23)31-22/h5-9,17-20,22-28H,3-4,10H2,1-2H3/t17-,18+,19+,20+,22+/m0/s1. The molecule has 0 unspecified atom stereocenters. The number of aryl methyl sites for hydroxylation is 2. The number of hydrogen-bond acceptors (Lipinski definition) is 10. The van der Waals surface area contributed by atoms with Crippen molar-refractivity contribution in [2.75, 3.05) is 20.8 Å². The number of methoxy groups -OCH3 is 2. The summed E-state index contributed by atoms with van der Waals surface area (Å²) in [6.45, 7) is -0.603. The summed E-state index contributed by atoms with van der Waals surface area (Å²) in [7, 11) is 2.85. The van der Waals surface area contributed by atoms with E-state index in [1.54, 1.807) is 18.2 Å². The van der Waals surface area contributed by atoms with Gasteiger partial charge in [-0.15, -0.1) is 0 Å². The Hall–Kier alpha value is -2.76. The van der Waals surface area contributed by atoms with Crippen molar-refractivity contribution in [3.8, 4) is 28.7 Å². The fourth-order valence-corrected chi connectivity index (χ4v) is 3.52. The van der Waals surface area contributed by atoms with Gasteiger partial charge in [0, 0.05) is 0 Å². The summed E-state index contributed by atoms with van der Waals surface area (Å²) < 4.78 is 21.2. The fourth-order valence-electron chi connectivity index (χ4n) is 3.52. The lowest BCUT2D eigenvalue weighted by Gasteiger charge is -2.39. The van der Waals surface area contributed by atoms with Crippen molar-refractivity contribution in [3.63, 3.8) is 0 Å². The maximum Gasteiger partial charge on any atom is 0.229 e. The molecule has 0 bridgehead atoms. The lowest BCUT2D eigenvalue weighted by Crippen LogP contribution is -2.60. The van der Waals surface area contributed by atoms with Gasteiger partial charge >= 0.3 is 0 Å². The zero-order valence-electron chi connectivity index (χ0n) is 17.7. The second-order valence-corrected chi connectivity index (χ2v) is 7.47. The predicted molar refractivity (Wildman–Crippen MR) is 111 cm³/mol. The molecule has 10 heteroatoms. The zero-order chi connectivity index (χ0) is 23.4. The van der Waals surface area contributed by atoms with E-state index in [1.165, 1.54) is 20.3 Å². The van der Waals surface area contributed by atoms with Crippen LogP contribution in [0.1, 0.15) is 11.1 Å². The summed E-state index contributed by atoms with van der Waals surface area (Å²) in [5, 5.41) is 59.7. The first-order valence-electron chi connectivity index (χ1n) is 10.0. The molecule has 1 heterocycles. The van der Waals surface area contributed by atoms with Gasteiger partial charge < -0.3 is 49.6 Å². The molecular weight excluding hydrogens is 424 g/mol. The van der Waals surface area contributed by atoms with Crippen molar-refractivity contribution in [2.24, 2.45) is 0 Å². The number of ether oxygens (including phenoxy) is 4. The minimum atomic E-state index is -1.63. The highest BCUT2D eigenvalue weighted by Crippen LogP contribution is 2.40. The van der Waals surface area contributed by atoms with Crippen LogP contribution in [0, 0.1) is 0 Å². The molecule has 1 aliphatic rings. The van der Waals surface area contributed by atoms with Gasteiger partial charge in [-0.3, -0.25) is 0 Å². The molecule has 176 valence electrons. The summed E-state index contributed by atoms with van der Waals surface area (Å²) in [4.78, 5) is 0. The lowest BCUT2D eigenvalue weighted by molar-refractivity contribution is -0.277. The molecule has 5 atom stereocenters. The number of aliphatic hydroxyl groups is 4. The van der Waals surface area contributed by atoms with E-state index in [0.717, 1.165) is 11.1 Å². The van der Waals surface area contributed by atoms with E-state index in [0.29, 0.717) is 18.6 Å². The Morgan fingerprint density at radius 1 is 0.812 bits per heavy atom. The number of hydrogen-bond donors (Lipinski definition) is 6. The number of phenolic OH excluding ortho intramolecular Hbond substituents is 2. The third-order valence-electron chi connectivity index (χ3n) is 5.34. The van der Waals surface area contributed by atoms with Crippen LogP contribution in [-0.2, 0) is 17.6 Å². The Bertz CT molecular complexity index is 916. The van der Waals surface area contributed by atoms with Crippen LogP contribution in [0.5, 0.6) is 28.7 Å². The topological polar surface area (TPSA) is 158 Å². The molecule has 0 aromatic heterocycles. The van der Waals surface area contributed by atoms with E-state index in [2.05, 4.69) is 0 Å². The van der Waals surface area contributed by atoms with Gasteiger partial charge in [-0.1, -0.05) is 6.07 Å². The second-order valence-electron chi connectivity index (χ2n) is 7.47. The minimum absolute atomic E-state index is 0.0358. The first-order chi connectivity index (χ1) is 15.3. The van der Waals surface area contributed by atoms with Crippen LogP contribution in [0.4, 0.5) is 0 Å². The maximum absolute atomic E-state index is 10.5. The van der Waals surface area contributed by atoms with Crippen molar-refractivity contribution in [2.45, 2.75) is 43.5 Å². The highest BCUT2D eigenvalue weighted by molar-refractivity contribution is 5.53. The van der Waals surface area contributed by atoms with Crippen molar-refractivity contribution in [1.82, 2.24) is 0 Å². The molecule has 0 saturated carbocycles. The van der Waals surface area contributed by atoms with Crippen molar-refractivity contribution >= 4 is 0 Å². The summed E-state index contributed by atoms with van der Waals surface area (Å²) in [6.07, 6.45) is -6.29. The van der Waals surface area contributed by atoms with Gasteiger partial charge in [-0.25, -0.2) is 0 Å². The Balaban J connectivity index is 1.75. The van der Waals surface area contributed by atoms with E-state index < -0.39 is 37.3 Å². The average Bonchev–Trinajstić information content (AvgIpc) is 2.79. The van der Waals surface area contributed by atoms with Crippen LogP contribution >= 0.6 is 0 Å². The highest BCUT2D eigenvalue weighted by atomic mass is 16.7. The molecule has 1 aliphatic heterocycles. The van der Waals surface area contributed by atoms with Crippen LogP contribution < -0.4 is 14.2 Å². The second kappa shape index (κ2) is 10.2. The van der Waals surface area contributed by atoms with Gasteiger partial charge in [0.1, 0.15) is 24.4 Å². The van der Waals surface area contributed by atoms with Gasteiger partial charge in [0.25, 0.3) is 0 Å². The molecule has 0 spiro atoms. The van der Waals surface area contributed by atoms with E-state index in [9.17, 15) is 30.6 Å². The molecule has 0 radical (unpaired) electrons. The molecule has 32 heavy (non-hydrogen) atoms. The smallest absolute Gasteiger partial charge is 0.229 e. The quantitative estimate of drug-likeness (QED) is 0.324. The molecule has 2 aromatic rings. The Kier molecular flexibility index (Phi) is 7.64. The maximum atomic E-state index is 10.5. The number of phenols is 2. The molecule has 1 saturated heterocycles. The van der Waals surface area contributed by atoms with Gasteiger partial charge in [0.15, 0.2) is 23.0 Å². The van der Waals surface area contributed by atoms with Crippen LogP contribution in [0.25, 0.3) is 0 Å². The molecule has 0 aliphatic carbocycles. The van der Waals surface area contributed by atoms with Gasteiger partial charge in [-0.05, 0) is 48.2 Å². The average molecular weight is 452 g/mol. The SMILES string of the molecule is COc1ccc(CCc2cc(O)c(O[C@H]3O[C@@H](CO)[C@@H](O)[C@@H](O)[C@H]3O)c(OC)c2)cc1O. The predicted octanol–water partition coefficient (Wildman–Crippen LogP) is 0.0789. The van der Waals surface area contributed by atoms with Gasteiger partial charge in [0.2, 0.25) is 12.0 Å². The third kappa shape index (κ3) is 5.00. The number of aromatic hydroxyl groups is 2. The molecule has 2 aromatic carbocycles. The highest BCUT2D eigenvalue weighted by Gasteiger charge is 2.45. The third-order valence-corrected chi connectivity index (χ3v) is 5.34. The number of aliphatic hydroxyl groups excluding tert-OH is 4. The largest absolute Gasteiger partial charge is 0.504 e. The summed E-state index contributed by atoms with van der Waals surface area (Å²) in [5.74, 6) is 0.169. The first-order valence-corrected chi connectivity index (χ1v) is 10.0. The zero-order valence-corrected chi connectivity index (χ0v) is 17.7. The molecule has 3 rings (SSSR count). The van der Waals surface area contributed by atoms with Gasteiger partial charge in [0.05, 0.1) is 20.8 Å². The minimum Gasteiger partial charge on any atom is -0.504 e. The summed E-state index contributed by atoms with van der Waals surface area (Å²) in [6, 6.07) is 8.20. The lowest BCUT2D eigenvalue weighted by atomic mass is 9.99. The Morgan fingerprint density at radius 3 is 2.09 bits per heavy atom. The van der Waals surface area contributed by atoms with Crippen LogP contribution in [0.3, 0.4) is 0 Å². The molecule has 10 nitrogen and oxygen atoms in total. The van der Waals surface area contributed by atoms with E-state index >= 15 is 0 Å². The molecular formula is C22H28O10. The van der Waals surface area contributed by atoms with E-state index in [4.69, 9.17) is 18.9 Å². The number of rotatable bonds is 8.